The van der Waals surface area contributed by atoms with Crippen LogP contribution in [-0.2, 0) is 25.8 Å². The highest BCUT2D eigenvalue weighted by Crippen LogP contribution is 2.30. The predicted molar refractivity (Wildman–Crippen MR) is 113 cm³/mol. The summed E-state index contributed by atoms with van der Waals surface area (Å²) in [5, 5.41) is 4.73. The van der Waals surface area contributed by atoms with Gasteiger partial charge in [0.1, 0.15) is 6.26 Å². The minimum Gasteiger partial charge on any atom is -0.447 e. The lowest BCUT2D eigenvalue weighted by molar-refractivity contribution is -0.137. The van der Waals surface area contributed by atoms with E-state index >= 15 is 0 Å². The third kappa shape index (κ3) is 6.41. The first-order valence-corrected chi connectivity index (χ1v) is 10.7. The van der Waals surface area contributed by atoms with Gasteiger partial charge in [-0.2, -0.15) is 13.2 Å². The second-order valence-electron chi connectivity index (χ2n) is 7.62. The summed E-state index contributed by atoms with van der Waals surface area (Å²) in [5.74, 6) is -0.00128. The van der Waals surface area contributed by atoms with Crippen LogP contribution in [0.3, 0.4) is 0 Å². The highest BCUT2D eigenvalue weighted by atomic mass is 32.1. The second kappa shape index (κ2) is 9.65. The van der Waals surface area contributed by atoms with Crippen LogP contribution in [0.15, 0.2) is 46.4 Å². The van der Waals surface area contributed by atoms with Gasteiger partial charge in [0.15, 0.2) is 5.69 Å². The SMILES string of the molecule is Cc1ccsc1CN(Cc1cccc(C(F)(F)F)c1)Cc1nc(C(=O)NC(C)C)co1. The van der Waals surface area contributed by atoms with E-state index in [4.69, 9.17) is 4.42 Å². The number of halogens is 3. The molecule has 9 heteroatoms. The Morgan fingerprint density at radius 1 is 1.23 bits per heavy atom. The van der Waals surface area contributed by atoms with Crippen molar-refractivity contribution in [3.8, 4) is 0 Å². The van der Waals surface area contributed by atoms with E-state index in [9.17, 15) is 18.0 Å². The van der Waals surface area contributed by atoms with Crippen molar-refractivity contribution in [3.63, 3.8) is 0 Å². The molecule has 166 valence electrons. The number of nitrogens with zero attached hydrogens (tertiary/aromatic N) is 2. The number of alkyl halides is 3. The van der Waals surface area contributed by atoms with E-state index in [2.05, 4.69) is 10.3 Å². The average Bonchev–Trinajstić information content (AvgIpc) is 3.30. The molecule has 0 saturated carbocycles. The van der Waals surface area contributed by atoms with Crippen LogP contribution in [0.25, 0.3) is 0 Å². The van der Waals surface area contributed by atoms with Gasteiger partial charge in [-0.25, -0.2) is 4.98 Å². The monoisotopic (exact) mass is 451 g/mol. The van der Waals surface area contributed by atoms with E-state index in [0.29, 0.717) is 18.0 Å². The van der Waals surface area contributed by atoms with Crippen molar-refractivity contribution in [2.45, 2.75) is 52.6 Å². The average molecular weight is 452 g/mol. The number of thiophene rings is 1. The number of nitrogens with one attached hydrogen (secondary N) is 1. The Morgan fingerprint density at radius 3 is 2.65 bits per heavy atom. The van der Waals surface area contributed by atoms with Gasteiger partial charge in [-0.1, -0.05) is 18.2 Å². The molecule has 2 aromatic heterocycles. The van der Waals surface area contributed by atoms with E-state index in [0.717, 1.165) is 22.6 Å². The standard InChI is InChI=1S/C22H24F3N3O2S/c1-14(2)26-21(29)18-13-30-20(27-18)12-28(11-19-15(3)7-8-31-19)10-16-5-4-6-17(9-16)22(23,24)25/h4-9,13-14H,10-12H2,1-3H3,(H,26,29). The van der Waals surface area contributed by atoms with Crippen molar-refractivity contribution in [2.24, 2.45) is 0 Å². The lowest BCUT2D eigenvalue weighted by Crippen LogP contribution is -2.30. The van der Waals surface area contributed by atoms with E-state index in [1.165, 1.54) is 12.3 Å². The summed E-state index contributed by atoms with van der Waals surface area (Å²) >= 11 is 1.59. The first-order valence-electron chi connectivity index (χ1n) is 9.78. The van der Waals surface area contributed by atoms with Crippen LogP contribution in [-0.4, -0.2) is 21.8 Å². The summed E-state index contributed by atoms with van der Waals surface area (Å²) in [4.78, 5) is 19.4. The van der Waals surface area contributed by atoms with Crippen LogP contribution < -0.4 is 5.32 Å². The van der Waals surface area contributed by atoms with E-state index in [-0.39, 0.29) is 30.7 Å². The molecule has 0 unspecified atom stereocenters. The molecule has 0 radical (unpaired) electrons. The lowest BCUT2D eigenvalue weighted by atomic mass is 10.1. The molecule has 31 heavy (non-hydrogen) atoms. The van der Waals surface area contributed by atoms with Crippen LogP contribution in [0.4, 0.5) is 13.2 Å². The number of aryl methyl sites for hydroxylation is 1. The fourth-order valence-electron chi connectivity index (χ4n) is 3.06. The van der Waals surface area contributed by atoms with Gasteiger partial charge in [0.2, 0.25) is 5.89 Å². The van der Waals surface area contributed by atoms with Crippen molar-refractivity contribution < 1.29 is 22.4 Å². The van der Waals surface area contributed by atoms with Gasteiger partial charge in [0.25, 0.3) is 5.91 Å². The number of benzene rings is 1. The first kappa shape index (κ1) is 23.0. The number of carbonyl (C=O) groups is 1. The second-order valence-corrected chi connectivity index (χ2v) is 8.63. The zero-order valence-corrected chi connectivity index (χ0v) is 18.3. The number of hydrogen-bond acceptors (Lipinski definition) is 5. The molecule has 5 nitrogen and oxygen atoms in total. The van der Waals surface area contributed by atoms with Gasteiger partial charge in [-0.3, -0.25) is 9.69 Å². The predicted octanol–water partition coefficient (Wildman–Crippen LogP) is 5.40. The molecule has 2 heterocycles. The molecule has 0 aliphatic rings. The van der Waals surface area contributed by atoms with Gasteiger partial charge in [0.05, 0.1) is 12.1 Å². The molecule has 0 aliphatic carbocycles. The molecule has 3 rings (SSSR count). The molecule has 0 atom stereocenters. The largest absolute Gasteiger partial charge is 0.447 e. The van der Waals surface area contributed by atoms with Crippen LogP contribution in [0.1, 0.15) is 51.8 Å². The number of oxazole rings is 1. The quantitative estimate of drug-likeness (QED) is 0.498. The summed E-state index contributed by atoms with van der Waals surface area (Å²) in [6, 6.07) is 7.26. The Hall–Kier alpha value is -2.65. The fourth-order valence-corrected chi connectivity index (χ4v) is 4.00. The summed E-state index contributed by atoms with van der Waals surface area (Å²) in [6.45, 7) is 6.74. The molecule has 1 aromatic carbocycles. The van der Waals surface area contributed by atoms with Gasteiger partial charge in [0, 0.05) is 24.0 Å². The van der Waals surface area contributed by atoms with Gasteiger partial charge < -0.3 is 9.73 Å². The fraction of sp³-hybridized carbons (Fsp3) is 0.364. The molecule has 0 saturated heterocycles. The minimum atomic E-state index is -4.40. The highest BCUT2D eigenvalue weighted by molar-refractivity contribution is 7.10. The third-order valence-electron chi connectivity index (χ3n) is 4.56. The van der Waals surface area contributed by atoms with Crippen LogP contribution in [0, 0.1) is 6.92 Å². The maximum absolute atomic E-state index is 13.1. The Labute approximate surface area is 182 Å². The Bertz CT molecular complexity index is 1030. The summed E-state index contributed by atoms with van der Waals surface area (Å²) in [6.07, 6.45) is -3.10. The van der Waals surface area contributed by atoms with Crippen molar-refractivity contribution in [1.29, 1.82) is 0 Å². The molecule has 0 fully saturated rings. The maximum Gasteiger partial charge on any atom is 0.416 e. The molecule has 1 N–H and O–H groups in total. The summed E-state index contributed by atoms with van der Waals surface area (Å²) in [5.41, 5.74) is 1.15. The van der Waals surface area contributed by atoms with Gasteiger partial charge >= 0.3 is 6.18 Å². The van der Waals surface area contributed by atoms with Crippen molar-refractivity contribution in [3.05, 3.63) is 75.1 Å². The van der Waals surface area contributed by atoms with Crippen molar-refractivity contribution in [2.75, 3.05) is 0 Å². The van der Waals surface area contributed by atoms with Gasteiger partial charge in [-0.05, 0) is 49.4 Å². The van der Waals surface area contributed by atoms with Crippen LogP contribution in [0.2, 0.25) is 0 Å². The Morgan fingerprint density at radius 2 is 2.00 bits per heavy atom. The Balaban J connectivity index is 1.80. The minimum absolute atomic E-state index is 0.0353. The van der Waals surface area contributed by atoms with Gasteiger partial charge in [-0.15, -0.1) is 11.3 Å². The molecular formula is C22H24F3N3O2S. The third-order valence-corrected chi connectivity index (χ3v) is 5.57. The number of amides is 1. The topological polar surface area (TPSA) is 58.4 Å². The molecule has 3 aromatic rings. The van der Waals surface area contributed by atoms with Crippen molar-refractivity contribution >= 4 is 17.2 Å². The first-order chi connectivity index (χ1) is 14.6. The summed E-state index contributed by atoms with van der Waals surface area (Å²) in [7, 11) is 0. The number of carbonyl (C=O) groups excluding carboxylic acids is 1. The van der Waals surface area contributed by atoms with Crippen LogP contribution in [0.5, 0.6) is 0 Å². The summed E-state index contributed by atoms with van der Waals surface area (Å²) < 4.78 is 44.8. The molecule has 0 bridgehead atoms. The molecule has 0 spiro atoms. The van der Waals surface area contributed by atoms with Crippen LogP contribution >= 0.6 is 11.3 Å². The normalized spacial score (nSPS) is 12.0. The smallest absolute Gasteiger partial charge is 0.416 e. The zero-order valence-electron chi connectivity index (χ0n) is 17.5. The lowest BCUT2D eigenvalue weighted by Gasteiger charge is -2.21. The number of aromatic nitrogens is 1. The van der Waals surface area contributed by atoms with E-state index < -0.39 is 11.7 Å². The molecular weight excluding hydrogens is 427 g/mol. The zero-order chi connectivity index (χ0) is 22.6. The molecule has 0 aliphatic heterocycles. The van der Waals surface area contributed by atoms with E-state index in [1.54, 1.807) is 17.4 Å². The number of hydrogen-bond donors (Lipinski definition) is 1. The van der Waals surface area contributed by atoms with Crippen molar-refractivity contribution in [1.82, 2.24) is 15.2 Å². The highest BCUT2D eigenvalue weighted by Gasteiger charge is 2.30. The molecule has 1 amide bonds. The van der Waals surface area contributed by atoms with E-state index in [1.807, 2.05) is 37.1 Å². The number of rotatable bonds is 8. The Kier molecular flexibility index (Phi) is 7.17. The maximum atomic E-state index is 13.1.